The minimum absolute atomic E-state index is 0.0577. The van der Waals surface area contributed by atoms with Gasteiger partial charge >= 0.3 is 6.09 Å². The molecule has 1 N–H and O–H groups in total. The van der Waals surface area contributed by atoms with E-state index >= 15 is 0 Å². The first-order valence-electron chi connectivity index (χ1n) is 5.25. The van der Waals surface area contributed by atoms with Crippen LogP contribution >= 0.6 is 0 Å². The van der Waals surface area contributed by atoms with Crippen LogP contribution in [0.25, 0.3) is 0 Å². The van der Waals surface area contributed by atoms with Crippen molar-refractivity contribution < 1.29 is 14.3 Å². The van der Waals surface area contributed by atoms with Gasteiger partial charge in [0, 0.05) is 0 Å². The molecular weight excluding hydrogens is 220 g/mol. The van der Waals surface area contributed by atoms with Crippen molar-refractivity contribution >= 4 is 6.09 Å². The molecule has 0 aliphatic heterocycles. The molecule has 5 nitrogen and oxygen atoms in total. The Morgan fingerprint density at radius 1 is 1.53 bits per heavy atom. The molecule has 90 valence electrons. The number of rotatable bonds is 5. The van der Waals surface area contributed by atoms with Gasteiger partial charge in [0.05, 0.1) is 12.7 Å². The second-order valence-corrected chi connectivity index (χ2v) is 3.17. The van der Waals surface area contributed by atoms with E-state index in [1.807, 2.05) is 25.1 Å². The first-order chi connectivity index (χ1) is 8.26. The Bertz CT molecular complexity index is 412. The Morgan fingerprint density at radius 3 is 3.06 bits per heavy atom. The molecule has 0 aromatic heterocycles. The largest absolute Gasteiger partial charge is 0.494 e. The maximum atomic E-state index is 11.1. The van der Waals surface area contributed by atoms with E-state index in [2.05, 4.69) is 5.32 Å². The monoisotopic (exact) mass is 234 g/mol. The highest BCUT2D eigenvalue weighted by Crippen LogP contribution is 2.13. The van der Waals surface area contributed by atoms with E-state index in [9.17, 15) is 4.79 Å². The van der Waals surface area contributed by atoms with Gasteiger partial charge in [-0.2, -0.15) is 5.26 Å². The lowest BCUT2D eigenvalue weighted by molar-refractivity contribution is 0.140. The number of benzene rings is 1. The van der Waals surface area contributed by atoms with E-state index in [1.165, 1.54) is 0 Å². The highest BCUT2D eigenvalue weighted by molar-refractivity contribution is 5.67. The lowest BCUT2D eigenvalue weighted by Gasteiger charge is -2.07. The van der Waals surface area contributed by atoms with Crippen molar-refractivity contribution in [2.45, 2.75) is 13.5 Å². The summed E-state index contributed by atoms with van der Waals surface area (Å²) in [6.07, 6.45) is -0.603. The zero-order valence-corrected chi connectivity index (χ0v) is 9.60. The minimum atomic E-state index is -0.603. The summed E-state index contributed by atoms with van der Waals surface area (Å²) in [7, 11) is 0. The molecule has 0 aliphatic rings. The Hall–Kier alpha value is -2.22. The number of carbonyl (C=O) groups is 1. The SMILES string of the molecule is CCOc1cccc(COC(=O)NCC#N)c1. The van der Waals surface area contributed by atoms with Crippen molar-refractivity contribution in [3.8, 4) is 11.8 Å². The van der Waals surface area contributed by atoms with Gasteiger partial charge in [0.15, 0.2) is 0 Å². The lowest BCUT2D eigenvalue weighted by atomic mass is 10.2. The summed E-state index contributed by atoms with van der Waals surface area (Å²) in [5.74, 6) is 0.742. The molecule has 0 radical (unpaired) electrons. The molecule has 0 heterocycles. The summed E-state index contributed by atoms with van der Waals surface area (Å²) in [5.41, 5.74) is 0.836. The van der Waals surface area contributed by atoms with Crippen LogP contribution in [0, 0.1) is 11.3 Å². The van der Waals surface area contributed by atoms with E-state index < -0.39 is 6.09 Å². The number of amides is 1. The van der Waals surface area contributed by atoms with Crippen molar-refractivity contribution in [3.05, 3.63) is 29.8 Å². The number of hydrogen-bond donors (Lipinski definition) is 1. The molecule has 0 fully saturated rings. The second-order valence-electron chi connectivity index (χ2n) is 3.17. The van der Waals surface area contributed by atoms with E-state index in [-0.39, 0.29) is 13.2 Å². The van der Waals surface area contributed by atoms with Gasteiger partial charge in [-0.25, -0.2) is 4.79 Å². The number of carbonyl (C=O) groups excluding carboxylic acids is 1. The number of ether oxygens (including phenoxy) is 2. The summed E-state index contributed by atoms with van der Waals surface area (Å²) in [6, 6.07) is 9.10. The molecule has 17 heavy (non-hydrogen) atoms. The Kier molecular flexibility index (Phi) is 5.38. The highest BCUT2D eigenvalue weighted by atomic mass is 16.5. The molecule has 5 heteroatoms. The quantitative estimate of drug-likeness (QED) is 0.789. The van der Waals surface area contributed by atoms with Crippen LogP contribution in [0.4, 0.5) is 4.79 Å². The van der Waals surface area contributed by atoms with Gasteiger partial charge in [-0.15, -0.1) is 0 Å². The molecule has 1 aromatic carbocycles. The average Bonchev–Trinajstić information content (AvgIpc) is 2.35. The smallest absolute Gasteiger partial charge is 0.408 e. The Morgan fingerprint density at radius 2 is 2.35 bits per heavy atom. The zero-order valence-electron chi connectivity index (χ0n) is 9.60. The molecule has 0 aliphatic carbocycles. The van der Waals surface area contributed by atoms with Crippen molar-refractivity contribution in [1.29, 1.82) is 5.26 Å². The molecule has 0 bridgehead atoms. The summed E-state index contributed by atoms with van der Waals surface area (Å²) in [4.78, 5) is 11.1. The Labute approximate surface area is 100.0 Å². The molecular formula is C12H14N2O3. The number of nitrogens with zero attached hydrogens (tertiary/aromatic N) is 1. The molecule has 0 spiro atoms. The van der Waals surface area contributed by atoms with Gasteiger partial charge < -0.3 is 14.8 Å². The van der Waals surface area contributed by atoms with Crippen molar-refractivity contribution in [1.82, 2.24) is 5.32 Å². The fraction of sp³-hybridized carbons (Fsp3) is 0.333. The zero-order chi connectivity index (χ0) is 12.5. The molecule has 1 aromatic rings. The molecule has 1 amide bonds. The number of nitriles is 1. The third-order valence-corrected chi connectivity index (χ3v) is 1.89. The first-order valence-corrected chi connectivity index (χ1v) is 5.25. The van der Waals surface area contributed by atoms with E-state index in [0.29, 0.717) is 6.61 Å². The normalized spacial score (nSPS) is 9.18. The van der Waals surface area contributed by atoms with E-state index in [0.717, 1.165) is 11.3 Å². The van der Waals surface area contributed by atoms with Crippen LogP contribution in [0.2, 0.25) is 0 Å². The van der Waals surface area contributed by atoms with Gasteiger partial charge in [0.1, 0.15) is 18.9 Å². The summed E-state index contributed by atoms with van der Waals surface area (Å²) in [6.45, 7) is 2.58. The maximum Gasteiger partial charge on any atom is 0.408 e. The standard InChI is InChI=1S/C12H14N2O3/c1-2-16-11-5-3-4-10(8-11)9-17-12(15)14-7-6-13/h3-5,8H,2,7,9H2,1H3,(H,14,15). The fourth-order valence-electron chi connectivity index (χ4n) is 1.20. The van der Waals surface area contributed by atoms with Crippen LogP contribution in [0.3, 0.4) is 0 Å². The molecule has 0 atom stereocenters. The molecule has 0 unspecified atom stereocenters. The highest BCUT2D eigenvalue weighted by Gasteiger charge is 2.02. The van der Waals surface area contributed by atoms with Crippen LogP contribution < -0.4 is 10.1 Å². The number of hydrogen-bond acceptors (Lipinski definition) is 4. The predicted molar refractivity (Wildman–Crippen MR) is 61.4 cm³/mol. The molecule has 1 rings (SSSR count). The van der Waals surface area contributed by atoms with Gasteiger partial charge in [0.2, 0.25) is 0 Å². The van der Waals surface area contributed by atoms with Gasteiger partial charge in [-0.05, 0) is 24.6 Å². The second kappa shape index (κ2) is 7.12. The van der Waals surface area contributed by atoms with Crippen LogP contribution in [-0.4, -0.2) is 19.2 Å². The third-order valence-electron chi connectivity index (χ3n) is 1.89. The van der Waals surface area contributed by atoms with Crippen LogP contribution in [-0.2, 0) is 11.3 Å². The van der Waals surface area contributed by atoms with Gasteiger partial charge in [-0.3, -0.25) is 0 Å². The minimum Gasteiger partial charge on any atom is -0.494 e. The van der Waals surface area contributed by atoms with Crippen LogP contribution in [0.1, 0.15) is 12.5 Å². The summed E-state index contributed by atoms with van der Waals surface area (Å²) in [5, 5.41) is 10.5. The molecule has 0 saturated carbocycles. The number of alkyl carbamates (subject to hydrolysis) is 1. The van der Waals surface area contributed by atoms with Crippen molar-refractivity contribution in [2.75, 3.05) is 13.2 Å². The van der Waals surface area contributed by atoms with Crippen molar-refractivity contribution in [3.63, 3.8) is 0 Å². The first kappa shape index (κ1) is 12.8. The van der Waals surface area contributed by atoms with Crippen molar-refractivity contribution in [2.24, 2.45) is 0 Å². The molecule has 0 saturated heterocycles. The summed E-state index contributed by atoms with van der Waals surface area (Å²) < 4.78 is 10.2. The van der Waals surface area contributed by atoms with Gasteiger partial charge in [-0.1, -0.05) is 12.1 Å². The maximum absolute atomic E-state index is 11.1. The lowest BCUT2D eigenvalue weighted by Crippen LogP contribution is -2.24. The topological polar surface area (TPSA) is 71.3 Å². The van der Waals surface area contributed by atoms with Gasteiger partial charge in [0.25, 0.3) is 0 Å². The van der Waals surface area contributed by atoms with Crippen LogP contribution in [0.15, 0.2) is 24.3 Å². The average molecular weight is 234 g/mol. The van der Waals surface area contributed by atoms with E-state index in [4.69, 9.17) is 14.7 Å². The fourth-order valence-corrected chi connectivity index (χ4v) is 1.20. The third kappa shape index (κ3) is 4.89. The van der Waals surface area contributed by atoms with E-state index in [1.54, 1.807) is 12.1 Å². The Balaban J connectivity index is 2.43. The predicted octanol–water partition coefficient (Wildman–Crippen LogP) is 1.84. The summed E-state index contributed by atoms with van der Waals surface area (Å²) >= 11 is 0. The van der Waals surface area contributed by atoms with Crippen LogP contribution in [0.5, 0.6) is 5.75 Å². The number of nitrogens with one attached hydrogen (secondary N) is 1.